The first-order valence-corrected chi connectivity index (χ1v) is 13.9. The molecule has 38 heavy (non-hydrogen) atoms. The van der Waals surface area contributed by atoms with Crippen LogP contribution in [0.4, 0.5) is 0 Å². The minimum absolute atomic E-state index is 0.135. The van der Waals surface area contributed by atoms with Crippen molar-refractivity contribution >= 4 is 24.4 Å². The van der Waals surface area contributed by atoms with Crippen LogP contribution in [-0.2, 0) is 29.2 Å². The minimum atomic E-state index is -0.304. The fourth-order valence-corrected chi connectivity index (χ4v) is 6.38. The van der Waals surface area contributed by atoms with Crippen LogP contribution >= 0.6 is 12.6 Å². The van der Waals surface area contributed by atoms with Crippen LogP contribution in [0.1, 0.15) is 40.5 Å². The Kier molecular flexibility index (Phi) is 7.30. The SMILES string of the molecule is O=C1CCC(N2Cc3ccc(CN4CCN(Cc5cccnc5-c5ccccc5)CC4)cc3C2S)C(=O)N1. The average molecular weight is 528 g/mol. The zero-order chi connectivity index (χ0) is 26.1. The number of nitrogens with one attached hydrogen (secondary N) is 1. The van der Waals surface area contributed by atoms with Crippen LogP contribution in [0.2, 0.25) is 0 Å². The number of thiol groups is 1. The summed E-state index contributed by atoms with van der Waals surface area (Å²) in [6, 6.07) is 21.0. The van der Waals surface area contributed by atoms with E-state index in [9.17, 15) is 9.59 Å². The Morgan fingerprint density at radius 3 is 2.45 bits per heavy atom. The molecule has 6 rings (SSSR count). The maximum absolute atomic E-state index is 12.4. The molecule has 0 radical (unpaired) electrons. The van der Waals surface area contributed by atoms with Crippen LogP contribution in [-0.4, -0.2) is 63.7 Å². The second kappa shape index (κ2) is 11.0. The van der Waals surface area contributed by atoms with Gasteiger partial charge in [0.05, 0.1) is 17.1 Å². The number of rotatable bonds is 6. The number of pyridine rings is 1. The number of imide groups is 1. The molecule has 2 atom stereocenters. The predicted octanol–water partition coefficient (Wildman–Crippen LogP) is 3.62. The number of carbonyl (C=O) groups is 2. The van der Waals surface area contributed by atoms with Crippen LogP contribution in [0.15, 0.2) is 66.9 Å². The minimum Gasteiger partial charge on any atom is -0.297 e. The van der Waals surface area contributed by atoms with Gasteiger partial charge in [-0.25, -0.2) is 0 Å². The number of benzene rings is 2. The number of aromatic nitrogens is 1. The standard InChI is InChI=1S/C30H33N5O2S/c36-27-11-10-26(29(37)32-27)35-20-23-9-8-21(17-25(23)30(35)38)18-33-13-15-34(16-14-33)19-24-7-4-12-31-28(24)22-5-2-1-3-6-22/h1-9,12,17,26,30,38H,10-11,13-16,18-20H2,(H,32,36,37). The Hall–Kier alpha value is -3.04. The highest BCUT2D eigenvalue weighted by Crippen LogP contribution is 2.39. The molecule has 0 spiro atoms. The van der Waals surface area contributed by atoms with Crippen molar-refractivity contribution in [2.75, 3.05) is 26.2 Å². The van der Waals surface area contributed by atoms with E-state index < -0.39 is 0 Å². The normalized spacial score (nSPS) is 22.9. The van der Waals surface area contributed by atoms with E-state index >= 15 is 0 Å². The summed E-state index contributed by atoms with van der Waals surface area (Å²) in [5.41, 5.74) is 7.18. The van der Waals surface area contributed by atoms with Gasteiger partial charge in [0.2, 0.25) is 11.8 Å². The van der Waals surface area contributed by atoms with Crippen LogP contribution in [0, 0.1) is 0 Å². The highest BCUT2D eigenvalue weighted by molar-refractivity contribution is 7.80. The first kappa shape index (κ1) is 25.2. The fraction of sp³-hybridized carbons (Fsp3) is 0.367. The van der Waals surface area contributed by atoms with Gasteiger partial charge in [-0.2, -0.15) is 12.6 Å². The molecule has 1 aromatic heterocycles. The van der Waals surface area contributed by atoms with Crippen LogP contribution in [0.25, 0.3) is 11.3 Å². The van der Waals surface area contributed by atoms with E-state index in [4.69, 9.17) is 12.6 Å². The summed E-state index contributed by atoms with van der Waals surface area (Å²) in [6.45, 7) is 6.58. The van der Waals surface area contributed by atoms with Crippen molar-refractivity contribution in [3.05, 3.63) is 89.1 Å². The first-order valence-electron chi connectivity index (χ1n) is 13.4. The molecule has 0 saturated carbocycles. The van der Waals surface area contributed by atoms with Gasteiger partial charge in [-0.15, -0.1) is 0 Å². The lowest BCUT2D eigenvalue weighted by Crippen LogP contribution is -2.51. The molecule has 196 valence electrons. The average Bonchev–Trinajstić information content (AvgIpc) is 3.26. The molecule has 2 amide bonds. The number of piperazine rings is 1. The topological polar surface area (TPSA) is 68.8 Å². The van der Waals surface area contributed by atoms with E-state index in [1.807, 2.05) is 18.3 Å². The summed E-state index contributed by atoms with van der Waals surface area (Å²) in [5, 5.41) is 2.35. The van der Waals surface area contributed by atoms with E-state index in [0.717, 1.165) is 50.5 Å². The molecule has 0 aliphatic carbocycles. The van der Waals surface area contributed by atoms with E-state index in [2.05, 4.69) is 73.5 Å². The van der Waals surface area contributed by atoms with Gasteiger partial charge in [-0.3, -0.25) is 34.6 Å². The number of piperidine rings is 1. The molecule has 7 nitrogen and oxygen atoms in total. The summed E-state index contributed by atoms with van der Waals surface area (Å²) in [5.74, 6) is -0.383. The molecule has 1 N–H and O–H groups in total. The summed E-state index contributed by atoms with van der Waals surface area (Å²) in [4.78, 5) is 35.8. The molecule has 2 aromatic carbocycles. The Labute approximate surface area is 229 Å². The summed E-state index contributed by atoms with van der Waals surface area (Å²) < 4.78 is 0. The molecule has 8 heteroatoms. The Morgan fingerprint density at radius 1 is 0.921 bits per heavy atom. The lowest BCUT2D eigenvalue weighted by atomic mass is 10.0. The van der Waals surface area contributed by atoms with Crippen LogP contribution in [0.5, 0.6) is 0 Å². The zero-order valence-electron chi connectivity index (χ0n) is 21.4. The molecule has 0 bridgehead atoms. The molecule has 4 heterocycles. The van der Waals surface area contributed by atoms with Crippen molar-refractivity contribution in [3.8, 4) is 11.3 Å². The second-order valence-corrected chi connectivity index (χ2v) is 11.0. The van der Waals surface area contributed by atoms with Gasteiger partial charge < -0.3 is 0 Å². The molecular formula is C30H33N5O2S. The number of nitrogens with zero attached hydrogens (tertiary/aromatic N) is 4. The van der Waals surface area contributed by atoms with Crippen molar-refractivity contribution in [3.63, 3.8) is 0 Å². The number of amides is 2. The van der Waals surface area contributed by atoms with Gasteiger partial charge in [-0.1, -0.05) is 54.6 Å². The highest BCUT2D eigenvalue weighted by atomic mass is 32.1. The van der Waals surface area contributed by atoms with Gasteiger partial charge >= 0.3 is 0 Å². The van der Waals surface area contributed by atoms with Crippen molar-refractivity contribution in [1.29, 1.82) is 0 Å². The third kappa shape index (κ3) is 5.27. The summed E-state index contributed by atoms with van der Waals surface area (Å²) in [6.07, 6.45) is 2.81. The van der Waals surface area contributed by atoms with Gasteiger partial charge in [0.25, 0.3) is 0 Å². The van der Waals surface area contributed by atoms with E-state index in [0.29, 0.717) is 19.4 Å². The lowest BCUT2D eigenvalue weighted by molar-refractivity contribution is -0.137. The smallest absolute Gasteiger partial charge is 0.243 e. The van der Waals surface area contributed by atoms with Gasteiger partial charge in [0, 0.05) is 64.0 Å². The largest absolute Gasteiger partial charge is 0.297 e. The first-order chi connectivity index (χ1) is 18.5. The quantitative estimate of drug-likeness (QED) is 0.377. The molecule has 2 fully saturated rings. The van der Waals surface area contributed by atoms with Crippen molar-refractivity contribution < 1.29 is 9.59 Å². The maximum atomic E-state index is 12.4. The van der Waals surface area contributed by atoms with E-state index in [1.165, 1.54) is 22.3 Å². The van der Waals surface area contributed by atoms with Crippen molar-refractivity contribution in [2.24, 2.45) is 0 Å². The second-order valence-electron chi connectivity index (χ2n) is 10.5. The van der Waals surface area contributed by atoms with Crippen molar-refractivity contribution in [1.82, 2.24) is 25.0 Å². The molecule has 2 saturated heterocycles. The molecule has 2 unspecified atom stereocenters. The van der Waals surface area contributed by atoms with E-state index in [-0.39, 0.29) is 23.2 Å². The van der Waals surface area contributed by atoms with Crippen LogP contribution < -0.4 is 5.32 Å². The Morgan fingerprint density at radius 2 is 1.68 bits per heavy atom. The van der Waals surface area contributed by atoms with Gasteiger partial charge in [-0.05, 0) is 34.7 Å². The van der Waals surface area contributed by atoms with Crippen molar-refractivity contribution in [2.45, 2.75) is 43.9 Å². The molecular weight excluding hydrogens is 494 g/mol. The lowest BCUT2D eigenvalue weighted by Gasteiger charge is -2.35. The Bertz CT molecular complexity index is 1330. The van der Waals surface area contributed by atoms with Gasteiger partial charge in [0.1, 0.15) is 0 Å². The summed E-state index contributed by atoms with van der Waals surface area (Å²) >= 11 is 4.88. The maximum Gasteiger partial charge on any atom is 0.243 e. The zero-order valence-corrected chi connectivity index (χ0v) is 22.3. The third-order valence-corrected chi connectivity index (χ3v) is 8.54. The third-order valence-electron chi connectivity index (χ3n) is 7.97. The molecule has 3 aromatic rings. The number of hydrogen-bond acceptors (Lipinski definition) is 7. The monoisotopic (exact) mass is 527 g/mol. The Balaban J connectivity index is 1.06. The number of carbonyl (C=O) groups excluding carboxylic acids is 2. The summed E-state index contributed by atoms with van der Waals surface area (Å²) in [7, 11) is 0. The fourth-order valence-electron chi connectivity index (χ4n) is 5.89. The van der Waals surface area contributed by atoms with Crippen LogP contribution in [0.3, 0.4) is 0 Å². The predicted molar refractivity (Wildman–Crippen MR) is 150 cm³/mol. The van der Waals surface area contributed by atoms with Gasteiger partial charge in [0.15, 0.2) is 0 Å². The van der Waals surface area contributed by atoms with E-state index in [1.54, 1.807) is 0 Å². The highest BCUT2D eigenvalue weighted by Gasteiger charge is 2.39. The molecule has 3 aliphatic heterocycles. The number of hydrogen-bond donors (Lipinski definition) is 2. The molecule has 3 aliphatic rings. The number of fused-ring (bicyclic) bond motifs is 1.